The molecule has 0 radical (unpaired) electrons. The molecule has 37 heavy (non-hydrogen) atoms. The zero-order chi connectivity index (χ0) is 26.7. The summed E-state index contributed by atoms with van der Waals surface area (Å²) in [7, 11) is 0. The minimum absolute atomic E-state index is 0.0285. The normalized spacial score (nSPS) is 21.6. The van der Waals surface area contributed by atoms with Gasteiger partial charge in [0.2, 0.25) is 0 Å². The summed E-state index contributed by atoms with van der Waals surface area (Å²) in [4.78, 5) is 37.5. The van der Waals surface area contributed by atoms with Crippen molar-refractivity contribution in [2.75, 3.05) is 11.4 Å². The van der Waals surface area contributed by atoms with Gasteiger partial charge >= 0.3 is 12.4 Å². The molecule has 0 unspecified atom stereocenters. The zero-order valence-corrected chi connectivity index (χ0v) is 21.2. The topological polar surface area (TPSA) is 78.5 Å². The maximum atomic E-state index is 14.0. The number of rotatable bonds is 5. The molecule has 7 nitrogen and oxygen atoms in total. The molecule has 3 aromatic rings. The Morgan fingerprint density at radius 2 is 1.76 bits per heavy atom. The van der Waals surface area contributed by atoms with Crippen molar-refractivity contribution in [3.05, 3.63) is 75.3 Å². The molecule has 12 heteroatoms. The van der Waals surface area contributed by atoms with E-state index in [1.165, 1.54) is 36.4 Å². The fraction of sp³-hybridized carbons (Fsp3) is 0.320. The summed E-state index contributed by atoms with van der Waals surface area (Å²) < 4.78 is 41.8. The lowest BCUT2D eigenvalue weighted by atomic mass is 9.83. The molecule has 194 valence electrons. The molecular formula is C25H21Cl2F3N4O3. The highest BCUT2D eigenvalue weighted by molar-refractivity contribution is 6.33. The van der Waals surface area contributed by atoms with E-state index in [1.807, 2.05) is 19.9 Å². The third-order valence-electron chi connectivity index (χ3n) is 6.82. The van der Waals surface area contributed by atoms with Gasteiger partial charge in [-0.3, -0.25) is 4.79 Å². The van der Waals surface area contributed by atoms with Gasteiger partial charge in [0.15, 0.2) is 0 Å². The molecule has 1 aromatic carbocycles. The number of amides is 3. The average molecular weight is 553 g/mol. The van der Waals surface area contributed by atoms with Crippen molar-refractivity contribution in [1.29, 1.82) is 0 Å². The highest BCUT2D eigenvalue weighted by Crippen LogP contribution is 2.48. The van der Waals surface area contributed by atoms with Gasteiger partial charge in [-0.05, 0) is 61.7 Å². The second kappa shape index (κ2) is 8.95. The number of imide groups is 1. The van der Waals surface area contributed by atoms with E-state index in [-0.39, 0.29) is 34.1 Å². The summed E-state index contributed by atoms with van der Waals surface area (Å²) in [5, 5.41) is 0.0570. The van der Waals surface area contributed by atoms with E-state index in [2.05, 4.69) is 14.7 Å². The van der Waals surface area contributed by atoms with E-state index in [1.54, 1.807) is 4.90 Å². The van der Waals surface area contributed by atoms with Gasteiger partial charge in [0, 0.05) is 30.3 Å². The number of fused-ring (bicyclic) bond motifs is 1. The molecule has 2 aliphatic rings. The number of nitrogens with zero attached hydrogens (tertiary/aromatic N) is 3. The number of H-pyrrole nitrogens is 1. The Balaban J connectivity index is 1.53. The highest BCUT2D eigenvalue weighted by atomic mass is 35.5. The van der Waals surface area contributed by atoms with Crippen molar-refractivity contribution >= 4 is 40.8 Å². The minimum Gasteiger partial charge on any atom is -0.406 e. The van der Waals surface area contributed by atoms with Crippen LogP contribution in [0.4, 0.5) is 23.7 Å². The largest absolute Gasteiger partial charge is 0.573 e. The number of carbonyl (C=O) groups is 2. The second-order valence-electron chi connectivity index (χ2n) is 9.34. The van der Waals surface area contributed by atoms with Crippen LogP contribution in [0.5, 0.6) is 5.75 Å². The predicted octanol–water partition coefficient (Wildman–Crippen LogP) is 6.17. The van der Waals surface area contributed by atoms with Crippen LogP contribution in [0.2, 0.25) is 10.3 Å². The molecule has 1 N–H and O–H groups in total. The van der Waals surface area contributed by atoms with E-state index >= 15 is 0 Å². The molecule has 0 aliphatic carbocycles. The Labute approximate surface area is 220 Å². The zero-order valence-electron chi connectivity index (χ0n) is 19.7. The molecule has 3 amide bonds. The van der Waals surface area contributed by atoms with Gasteiger partial charge in [-0.25, -0.2) is 14.7 Å². The van der Waals surface area contributed by atoms with Gasteiger partial charge in [-0.15, -0.1) is 13.2 Å². The van der Waals surface area contributed by atoms with E-state index in [0.29, 0.717) is 18.5 Å². The van der Waals surface area contributed by atoms with Crippen LogP contribution < -0.4 is 9.64 Å². The maximum Gasteiger partial charge on any atom is 0.573 e. The van der Waals surface area contributed by atoms with Crippen LogP contribution in [0.15, 0.2) is 42.5 Å². The lowest BCUT2D eigenvalue weighted by Crippen LogP contribution is -2.47. The Morgan fingerprint density at radius 3 is 2.32 bits per heavy atom. The lowest BCUT2D eigenvalue weighted by molar-refractivity contribution is -0.274. The van der Waals surface area contributed by atoms with Crippen LogP contribution in [-0.4, -0.2) is 45.3 Å². The van der Waals surface area contributed by atoms with Crippen molar-refractivity contribution in [2.24, 2.45) is 0 Å². The first-order valence-electron chi connectivity index (χ1n) is 11.4. The van der Waals surface area contributed by atoms with Gasteiger partial charge in [0.1, 0.15) is 21.6 Å². The monoisotopic (exact) mass is 552 g/mol. The van der Waals surface area contributed by atoms with Crippen molar-refractivity contribution < 1.29 is 27.5 Å². The standard InChI is InChI=1S/C25H21Cl2F3N4O3/c1-13-7-19(14(2)31-13)16-11-24(10-15-3-5-18(6-4-15)37-25(28,29)30)22(35)34(23(36)33(24)12-16)17-8-20(26)32-21(27)9-17/h3-9,16,31H,10-12H2,1-2H3/t16-,24+/m1/s1. The Bertz CT molecular complexity index is 1370. The molecule has 5 rings (SSSR count). The van der Waals surface area contributed by atoms with E-state index in [9.17, 15) is 22.8 Å². The quantitative estimate of drug-likeness (QED) is 0.303. The Kier molecular flexibility index (Phi) is 6.15. The lowest BCUT2D eigenvalue weighted by Gasteiger charge is -2.28. The molecule has 2 aromatic heterocycles. The fourth-order valence-corrected chi connectivity index (χ4v) is 5.88. The highest BCUT2D eigenvalue weighted by Gasteiger charge is 2.62. The molecular weight excluding hydrogens is 532 g/mol. The van der Waals surface area contributed by atoms with Crippen LogP contribution in [-0.2, 0) is 11.2 Å². The number of pyridine rings is 1. The van der Waals surface area contributed by atoms with Gasteiger partial charge in [-0.2, -0.15) is 0 Å². The summed E-state index contributed by atoms with van der Waals surface area (Å²) in [6.07, 6.45) is -4.38. The molecule has 4 heterocycles. The number of anilines is 1. The number of hydrogen-bond acceptors (Lipinski definition) is 4. The molecule has 2 saturated heterocycles. The van der Waals surface area contributed by atoms with Crippen LogP contribution >= 0.6 is 23.2 Å². The molecule has 2 atom stereocenters. The second-order valence-corrected chi connectivity index (χ2v) is 10.1. The average Bonchev–Trinajstić information content (AvgIpc) is 3.38. The molecule has 2 fully saturated rings. The SMILES string of the molecule is Cc1cc([C@H]2CN3C(=O)N(c4cc(Cl)nc(Cl)c4)C(=O)[C@]3(Cc3ccc(OC(F)(F)F)cc3)C2)c(C)[nH]1. The van der Waals surface area contributed by atoms with Gasteiger partial charge in [0.05, 0.1) is 5.69 Å². The number of benzene rings is 1. The van der Waals surface area contributed by atoms with Crippen LogP contribution in [0.3, 0.4) is 0 Å². The summed E-state index contributed by atoms with van der Waals surface area (Å²) >= 11 is 12.1. The number of alkyl halides is 3. The number of hydrogen-bond donors (Lipinski definition) is 1. The number of nitrogens with one attached hydrogen (secondary N) is 1. The third-order valence-corrected chi connectivity index (χ3v) is 7.20. The van der Waals surface area contributed by atoms with Crippen molar-refractivity contribution in [1.82, 2.24) is 14.9 Å². The Morgan fingerprint density at radius 1 is 1.11 bits per heavy atom. The maximum absolute atomic E-state index is 14.0. The van der Waals surface area contributed by atoms with E-state index < -0.39 is 23.8 Å². The Hall–Kier alpha value is -3.24. The van der Waals surface area contributed by atoms with E-state index in [4.69, 9.17) is 23.2 Å². The molecule has 0 spiro atoms. The number of halogens is 5. The number of aryl methyl sites for hydroxylation is 2. The summed E-state index contributed by atoms with van der Waals surface area (Å²) in [6.45, 7) is 4.16. The van der Waals surface area contributed by atoms with Crippen molar-refractivity contribution in [2.45, 2.75) is 44.5 Å². The first-order valence-corrected chi connectivity index (χ1v) is 12.1. The third kappa shape index (κ3) is 4.64. The minimum atomic E-state index is -4.82. The van der Waals surface area contributed by atoms with Crippen molar-refractivity contribution in [3.8, 4) is 5.75 Å². The number of aromatic amines is 1. The molecule has 2 aliphatic heterocycles. The summed E-state index contributed by atoms with van der Waals surface area (Å²) in [5.74, 6) is -0.943. The first-order chi connectivity index (χ1) is 17.4. The summed E-state index contributed by atoms with van der Waals surface area (Å²) in [5.41, 5.74) is 2.46. The van der Waals surface area contributed by atoms with Crippen molar-refractivity contribution in [3.63, 3.8) is 0 Å². The van der Waals surface area contributed by atoms with Gasteiger partial charge < -0.3 is 14.6 Å². The number of carbonyl (C=O) groups excluding carboxylic acids is 2. The fourth-order valence-electron chi connectivity index (χ4n) is 5.43. The summed E-state index contributed by atoms with van der Waals surface area (Å²) in [6, 6.07) is 9.58. The smallest absolute Gasteiger partial charge is 0.406 e. The van der Waals surface area contributed by atoms with Gasteiger partial charge in [0.25, 0.3) is 5.91 Å². The van der Waals surface area contributed by atoms with Gasteiger partial charge in [-0.1, -0.05) is 35.3 Å². The van der Waals surface area contributed by atoms with Crippen LogP contribution in [0.1, 0.15) is 34.9 Å². The van der Waals surface area contributed by atoms with E-state index in [0.717, 1.165) is 21.9 Å². The number of ether oxygens (including phenoxy) is 1. The van der Waals surface area contributed by atoms with Crippen LogP contribution in [0.25, 0.3) is 0 Å². The molecule has 0 bridgehead atoms. The number of urea groups is 1. The molecule has 0 saturated carbocycles. The predicted molar refractivity (Wildman–Crippen MR) is 131 cm³/mol. The first kappa shape index (κ1) is 25.4. The number of aromatic nitrogens is 2. The van der Waals surface area contributed by atoms with Crippen LogP contribution in [0, 0.1) is 13.8 Å².